The van der Waals surface area contributed by atoms with E-state index in [1.165, 1.54) is 141 Å². The zero-order valence-corrected chi connectivity index (χ0v) is 44.3. The molecule has 0 aliphatic rings. The number of carbonyl (C=O) groups is 2. The van der Waals surface area contributed by atoms with E-state index in [4.69, 9.17) is 4.74 Å². The normalized spacial score (nSPS) is 13.7. The van der Waals surface area contributed by atoms with Gasteiger partial charge >= 0.3 is 5.97 Å². The molecular weight excluding hydrogens is 827 g/mol. The van der Waals surface area contributed by atoms with Crippen molar-refractivity contribution in [3.8, 4) is 0 Å². The van der Waals surface area contributed by atoms with Crippen molar-refractivity contribution in [2.75, 3.05) is 6.61 Å². The number of nitrogens with one attached hydrogen (secondary N) is 1. The fourth-order valence-electron chi connectivity index (χ4n) is 8.46. The van der Waals surface area contributed by atoms with Gasteiger partial charge in [-0.25, -0.2) is 0 Å². The van der Waals surface area contributed by atoms with Crippen molar-refractivity contribution in [3.05, 3.63) is 72.9 Å². The summed E-state index contributed by atoms with van der Waals surface area (Å²) in [6.07, 6.45) is 69.7. The lowest BCUT2D eigenvalue weighted by atomic mass is 10.0. The van der Waals surface area contributed by atoms with E-state index in [9.17, 15) is 19.8 Å². The fraction of sp³-hybridized carbons (Fsp3) is 0.770. The molecule has 3 unspecified atom stereocenters. The van der Waals surface area contributed by atoms with E-state index in [1.807, 2.05) is 0 Å². The molecule has 0 fully saturated rings. The Hall–Kier alpha value is -2.70. The minimum absolute atomic E-state index is 0.0338. The van der Waals surface area contributed by atoms with Crippen molar-refractivity contribution in [1.29, 1.82) is 0 Å². The molecule has 0 aromatic carbocycles. The molecule has 0 aromatic heterocycles. The minimum atomic E-state index is -0.807. The molecule has 0 rings (SSSR count). The quantitative estimate of drug-likeness (QED) is 0.0321. The first-order valence-corrected chi connectivity index (χ1v) is 28.7. The van der Waals surface area contributed by atoms with E-state index >= 15 is 0 Å². The van der Waals surface area contributed by atoms with Gasteiger partial charge in [-0.15, -0.1) is 0 Å². The summed E-state index contributed by atoms with van der Waals surface area (Å²) in [6, 6.07) is -0.725. The van der Waals surface area contributed by atoms with Crippen molar-refractivity contribution in [2.24, 2.45) is 0 Å². The molecule has 0 saturated carbocycles. The van der Waals surface area contributed by atoms with Crippen LogP contribution in [0, 0.1) is 0 Å². The van der Waals surface area contributed by atoms with Gasteiger partial charge in [-0.2, -0.15) is 0 Å². The summed E-state index contributed by atoms with van der Waals surface area (Å²) in [5, 5.41) is 23.9. The first-order chi connectivity index (χ1) is 33.0. The maximum absolute atomic E-state index is 13.3. The molecule has 0 spiro atoms. The lowest BCUT2D eigenvalue weighted by Gasteiger charge is -2.24. The van der Waals surface area contributed by atoms with Crippen LogP contribution in [0.25, 0.3) is 0 Å². The van der Waals surface area contributed by atoms with Crippen LogP contribution in [0.5, 0.6) is 0 Å². The van der Waals surface area contributed by atoms with Gasteiger partial charge in [-0.05, 0) is 89.9 Å². The first-order valence-electron chi connectivity index (χ1n) is 28.7. The van der Waals surface area contributed by atoms with Crippen molar-refractivity contribution in [1.82, 2.24) is 5.32 Å². The second-order valence-corrected chi connectivity index (χ2v) is 19.3. The molecule has 0 bridgehead atoms. The van der Waals surface area contributed by atoms with Gasteiger partial charge in [0.25, 0.3) is 0 Å². The predicted molar refractivity (Wildman–Crippen MR) is 291 cm³/mol. The van der Waals surface area contributed by atoms with Gasteiger partial charge in [0.05, 0.1) is 25.2 Å². The Kier molecular flexibility index (Phi) is 52.1. The highest BCUT2D eigenvalue weighted by atomic mass is 16.5. The molecule has 0 saturated heterocycles. The molecule has 3 atom stereocenters. The van der Waals surface area contributed by atoms with Crippen LogP contribution in [0.1, 0.15) is 278 Å². The Morgan fingerprint density at radius 2 is 0.821 bits per heavy atom. The van der Waals surface area contributed by atoms with Gasteiger partial charge in [-0.3, -0.25) is 9.59 Å². The highest BCUT2D eigenvalue weighted by molar-refractivity contribution is 5.77. The molecule has 0 radical (unpaired) electrons. The molecule has 6 heteroatoms. The molecule has 388 valence electrons. The topological polar surface area (TPSA) is 95.9 Å². The lowest BCUT2D eigenvalue weighted by Crippen LogP contribution is -2.46. The van der Waals surface area contributed by atoms with Crippen LogP contribution in [0.2, 0.25) is 0 Å². The van der Waals surface area contributed by atoms with Gasteiger partial charge in [-0.1, -0.05) is 248 Å². The minimum Gasteiger partial charge on any atom is -0.462 e. The fourth-order valence-corrected chi connectivity index (χ4v) is 8.46. The van der Waals surface area contributed by atoms with Crippen molar-refractivity contribution < 1.29 is 24.5 Å². The number of aliphatic hydroxyl groups is 2. The van der Waals surface area contributed by atoms with Crippen LogP contribution in [0.3, 0.4) is 0 Å². The second kappa shape index (κ2) is 54.2. The number of amides is 1. The Morgan fingerprint density at radius 3 is 1.27 bits per heavy atom. The number of hydrogen-bond acceptors (Lipinski definition) is 5. The number of allylic oxidation sites excluding steroid dienone is 12. The zero-order chi connectivity index (χ0) is 48.8. The molecule has 0 aromatic rings. The van der Waals surface area contributed by atoms with E-state index in [0.29, 0.717) is 19.3 Å². The van der Waals surface area contributed by atoms with Gasteiger partial charge in [0.1, 0.15) is 6.10 Å². The van der Waals surface area contributed by atoms with Crippen molar-refractivity contribution in [3.63, 3.8) is 0 Å². The molecule has 0 aliphatic heterocycles. The highest BCUT2D eigenvalue weighted by Gasteiger charge is 2.24. The van der Waals surface area contributed by atoms with E-state index in [0.717, 1.165) is 89.9 Å². The van der Waals surface area contributed by atoms with Gasteiger partial charge in [0.2, 0.25) is 5.91 Å². The number of aliphatic hydroxyl groups excluding tert-OH is 2. The largest absolute Gasteiger partial charge is 0.462 e. The van der Waals surface area contributed by atoms with Gasteiger partial charge in [0, 0.05) is 6.42 Å². The number of hydrogen-bond donors (Lipinski definition) is 3. The van der Waals surface area contributed by atoms with E-state index in [-0.39, 0.29) is 24.9 Å². The smallest absolute Gasteiger partial charge is 0.306 e. The summed E-state index contributed by atoms with van der Waals surface area (Å²) in [5.41, 5.74) is 0. The maximum Gasteiger partial charge on any atom is 0.306 e. The second-order valence-electron chi connectivity index (χ2n) is 19.3. The monoisotopic (exact) mass is 936 g/mol. The summed E-state index contributed by atoms with van der Waals surface area (Å²) >= 11 is 0. The molecule has 1 amide bonds. The third-order valence-electron chi connectivity index (χ3n) is 12.8. The standard InChI is InChI=1S/C61H109NO5/c1-4-7-10-13-16-19-22-25-28-30-32-34-37-40-43-46-49-52-57(67-61(66)54-51-48-45-42-39-36-33-29-26-23-20-17-14-11-8-5-2)55-60(65)62-58(56-63)59(64)53-50-47-44-41-38-35-31-27-24-21-18-15-12-9-6-3/h7,10,16,19,25,28-29,32-34,40,43,57-59,63-64H,4-6,8-9,11-15,17-18,20-24,26-27,30-31,35-39,41-42,44-56H2,1-3H3,(H,62,65)/b10-7-,19-16-,28-25-,33-29+,34-32-,43-40-. The molecular formula is C61H109NO5. The Labute approximate surface area is 415 Å². The molecule has 6 nitrogen and oxygen atoms in total. The third kappa shape index (κ3) is 49.5. The third-order valence-corrected chi connectivity index (χ3v) is 12.8. The van der Waals surface area contributed by atoms with Crippen molar-refractivity contribution >= 4 is 11.9 Å². The predicted octanol–water partition coefficient (Wildman–Crippen LogP) is 17.7. The zero-order valence-electron chi connectivity index (χ0n) is 44.3. The molecule has 3 N–H and O–H groups in total. The molecule has 0 heterocycles. The number of carbonyl (C=O) groups excluding carboxylic acids is 2. The number of ether oxygens (including phenoxy) is 1. The van der Waals surface area contributed by atoms with Crippen LogP contribution in [0.15, 0.2) is 72.9 Å². The average molecular weight is 937 g/mol. The van der Waals surface area contributed by atoms with Gasteiger partial charge in [0.15, 0.2) is 0 Å². The summed E-state index contributed by atoms with van der Waals surface area (Å²) in [7, 11) is 0. The number of esters is 1. The van der Waals surface area contributed by atoms with Gasteiger partial charge < -0.3 is 20.3 Å². The molecule has 67 heavy (non-hydrogen) atoms. The average Bonchev–Trinajstić information content (AvgIpc) is 3.32. The summed E-state index contributed by atoms with van der Waals surface area (Å²) in [6.45, 7) is 6.37. The van der Waals surface area contributed by atoms with Crippen LogP contribution < -0.4 is 5.32 Å². The maximum atomic E-state index is 13.3. The number of unbranched alkanes of at least 4 members (excludes halogenated alkanes) is 27. The Balaban J connectivity index is 4.67. The van der Waals surface area contributed by atoms with Crippen LogP contribution in [-0.2, 0) is 14.3 Å². The SMILES string of the molecule is CC/C=C\C/C=C\C/C=C\C/C=C\C/C=C\CCCC(CC(=O)NC(CO)C(O)CCCCCCCCCCCCCCCCC)OC(=O)CCCCCCC/C=C/CCCCCCCCC. The van der Waals surface area contributed by atoms with E-state index < -0.39 is 18.2 Å². The van der Waals surface area contributed by atoms with Crippen LogP contribution >= 0.6 is 0 Å². The van der Waals surface area contributed by atoms with E-state index in [1.54, 1.807) is 0 Å². The number of rotatable bonds is 51. The van der Waals surface area contributed by atoms with Crippen molar-refractivity contribution in [2.45, 2.75) is 296 Å². The Bertz CT molecular complexity index is 1230. The Morgan fingerprint density at radius 1 is 0.448 bits per heavy atom. The van der Waals surface area contributed by atoms with Crippen LogP contribution in [0.4, 0.5) is 0 Å². The first kappa shape index (κ1) is 64.3. The highest BCUT2D eigenvalue weighted by Crippen LogP contribution is 2.17. The lowest BCUT2D eigenvalue weighted by molar-refractivity contribution is -0.151. The summed E-state index contributed by atoms with van der Waals surface area (Å²) < 4.78 is 5.93. The van der Waals surface area contributed by atoms with Crippen LogP contribution in [-0.4, -0.2) is 46.9 Å². The summed E-state index contributed by atoms with van der Waals surface area (Å²) in [5.74, 6) is -0.536. The summed E-state index contributed by atoms with van der Waals surface area (Å²) in [4.78, 5) is 26.3. The van der Waals surface area contributed by atoms with E-state index in [2.05, 4.69) is 99.0 Å². The molecule has 0 aliphatic carbocycles.